The van der Waals surface area contributed by atoms with Gasteiger partial charge in [0.15, 0.2) is 0 Å². The maximum Gasteiger partial charge on any atom is 0.253 e. The van der Waals surface area contributed by atoms with Gasteiger partial charge in [-0.2, -0.15) is 0 Å². The molecule has 0 spiro atoms. The molecule has 112 valence electrons. The molecule has 1 amide bonds. The molecule has 0 aliphatic heterocycles. The quantitative estimate of drug-likeness (QED) is 0.861. The molecule has 3 nitrogen and oxygen atoms in total. The topological polar surface area (TPSA) is 41.1 Å². The minimum absolute atomic E-state index is 0.0170. The second-order valence-corrected chi connectivity index (χ2v) is 6.81. The molecule has 21 heavy (non-hydrogen) atoms. The van der Waals surface area contributed by atoms with E-state index in [1.54, 1.807) is 11.3 Å². The molecule has 0 bridgehead atoms. The number of benzene rings is 1. The van der Waals surface area contributed by atoms with E-state index >= 15 is 0 Å². The lowest BCUT2D eigenvalue weighted by Gasteiger charge is -2.17. The highest BCUT2D eigenvalue weighted by atomic mass is 32.1. The summed E-state index contributed by atoms with van der Waals surface area (Å²) in [5.74, 6) is -0.0442. The molecule has 0 radical (unpaired) electrons. The predicted octanol–water partition coefficient (Wildman–Crippen LogP) is 4.37. The molecule has 0 fully saturated rings. The number of nitrogens with one attached hydrogen (secondary N) is 2. The van der Waals surface area contributed by atoms with Crippen molar-refractivity contribution in [1.82, 2.24) is 5.32 Å². The van der Waals surface area contributed by atoms with Gasteiger partial charge in [-0.15, -0.1) is 11.3 Å². The maximum atomic E-state index is 12.5. The zero-order valence-electron chi connectivity index (χ0n) is 12.9. The third-order valence-corrected chi connectivity index (χ3v) is 4.33. The Labute approximate surface area is 130 Å². The summed E-state index contributed by atoms with van der Waals surface area (Å²) in [5.41, 5.74) is 1.56. The number of amides is 1. The number of hydrogen-bond donors (Lipinski definition) is 2. The van der Waals surface area contributed by atoms with Crippen LogP contribution in [0, 0.1) is 6.92 Å². The normalized spacial score (nSPS) is 12.2. The number of rotatable bonds is 5. The van der Waals surface area contributed by atoms with Crippen molar-refractivity contribution in [2.45, 2.75) is 39.8 Å². The number of thiophene rings is 1. The summed E-state index contributed by atoms with van der Waals surface area (Å²) >= 11 is 1.72. The fraction of sp³-hybridized carbons (Fsp3) is 0.353. The van der Waals surface area contributed by atoms with Gasteiger partial charge in [0.1, 0.15) is 0 Å². The van der Waals surface area contributed by atoms with E-state index in [1.165, 1.54) is 9.75 Å². The van der Waals surface area contributed by atoms with Gasteiger partial charge in [0, 0.05) is 21.5 Å². The lowest BCUT2D eigenvalue weighted by atomic mass is 10.1. The van der Waals surface area contributed by atoms with Gasteiger partial charge in [-0.3, -0.25) is 4.79 Å². The van der Waals surface area contributed by atoms with Crippen LogP contribution in [-0.4, -0.2) is 11.9 Å². The van der Waals surface area contributed by atoms with Crippen LogP contribution in [0.4, 0.5) is 5.69 Å². The third kappa shape index (κ3) is 4.08. The maximum absolute atomic E-state index is 12.5. The van der Waals surface area contributed by atoms with Crippen LogP contribution in [0.1, 0.15) is 46.9 Å². The first kappa shape index (κ1) is 15.6. The highest BCUT2D eigenvalue weighted by Crippen LogP contribution is 2.23. The Morgan fingerprint density at radius 1 is 1.10 bits per heavy atom. The highest BCUT2D eigenvalue weighted by Gasteiger charge is 2.15. The molecule has 2 N–H and O–H groups in total. The lowest BCUT2D eigenvalue weighted by molar-refractivity contribution is 0.0941. The number of aryl methyl sites for hydroxylation is 1. The number of carbonyl (C=O) groups excluding carboxylic acids is 1. The van der Waals surface area contributed by atoms with E-state index in [2.05, 4.69) is 43.5 Å². The lowest BCUT2D eigenvalue weighted by Crippen LogP contribution is -2.27. The monoisotopic (exact) mass is 302 g/mol. The van der Waals surface area contributed by atoms with Crippen molar-refractivity contribution in [3.8, 4) is 0 Å². The Morgan fingerprint density at radius 3 is 2.43 bits per heavy atom. The molecule has 0 aliphatic rings. The van der Waals surface area contributed by atoms with Crippen molar-refractivity contribution in [3.05, 3.63) is 51.7 Å². The summed E-state index contributed by atoms with van der Waals surface area (Å²) in [7, 11) is 0. The number of para-hydroxylation sites is 1. The summed E-state index contributed by atoms with van der Waals surface area (Å²) < 4.78 is 0. The van der Waals surface area contributed by atoms with Gasteiger partial charge in [-0.25, -0.2) is 0 Å². The van der Waals surface area contributed by atoms with E-state index in [9.17, 15) is 4.79 Å². The van der Waals surface area contributed by atoms with Crippen molar-refractivity contribution >= 4 is 22.9 Å². The molecule has 2 aromatic rings. The Kier molecular flexibility index (Phi) is 5.02. The second kappa shape index (κ2) is 6.76. The van der Waals surface area contributed by atoms with Gasteiger partial charge in [-0.05, 0) is 52.0 Å². The van der Waals surface area contributed by atoms with Gasteiger partial charge >= 0.3 is 0 Å². The largest absolute Gasteiger partial charge is 0.382 e. The summed E-state index contributed by atoms with van der Waals surface area (Å²) in [6, 6.07) is 12.1. The first-order chi connectivity index (χ1) is 9.97. The molecule has 0 saturated heterocycles. The Balaban J connectivity index is 2.13. The second-order valence-electron chi connectivity index (χ2n) is 5.49. The zero-order valence-corrected chi connectivity index (χ0v) is 13.8. The van der Waals surface area contributed by atoms with E-state index in [4.69, 9.17) is 0 Å². The summed E-state index contributed by atoms with van der Waals surface area (Å²) in [5, 5.41) is 6.38. The van der Waals surface area contributed by atoms with E-state index in [1.807, 2.05) is 31.2 Å². The van der Waals surface area contributed by atoms with Crippen molar-refractivity contribution in [3.63, 3.8) is 0 Å². The smallest absolute Gasteiger partial charge is 0.253 e. The van der Waals surface area contributed by atoms with Crippen LogP contribution in [0.2, 0.25) is 0 Å². The van der Waals surface area contributed by atoms with Crippen molar-refractivity contribution < 1.29 is 4.79 Å². The average Bonchev–Trinajstić information content (AvgIpc) is 2.85. The van der Waals surface area contributed by atoms with Gasteiger partial charge in [-0.1, -0.05) is 12.1 Å². The Hall–Kier alpha value is -1.81. The average molecular weight is 302 g/mol. The minimum atomic E-state index is -0.0442. The van der Waals surface area contributed by atoms with Gasteiger partial charge in [0.2, 0.25) is 0 Å². The van der Waals surface area contributed by atoms with Gasteiger partial charge in [0.25, 0.3) is 5.91 Å². The van der Waals surface area contributed by atoms with Crippen molar-refractivity contribution in [2.75, 3.05) is 5.32 Å². The predicted molar refractivity (Wildman–Crippen MR) is 90.1 cm³/mol. The number of anilines is 1. The van der Waals surface area contributed by atoms with Crippen LogP contribution in [0.25, 0.3) is 0 Å². The summed E-state index contributed by atoms with van der Waals surface area (Å²) in [4.78, 5) is 14.9. The Bertz CT molecular complexity index is 619. The molecule has 0 saturated carbocycles. The first-order valence-corrected chi connectivity index (χ1v) is 8.01. The molecule has 1 heterocycles. The van der Waals surface area contributed by atoms with E-state index in [0.717, 1.165) is 5.69 Å². The summed E-state index contributed by atoms with van der Waals surface area (Å²) in [6.45, 7) is 8.21. The van der Waals surface area contributed by atoms with Crippen LogP contribution in [0.5, 0.6) is 0 Å². The number of carbonyl (C=O) groups is 1. The fourth-order valence-electron chi connectivity index (χ4n) is 2.15. The first-order valence-electron chi connectivity index (χ1n) is 7.20. The summed E-state index contributed by atoms with van der Waals surface area (Å²) in [6.07, 6.45) is 0. The van der Waals surface area contributed by atoms with Gasteiger partial charge < -0.3 is 10.6 Å². The standard InChI is InChI=1S/C17H22N2OS/c1-11(2)18-15-8-6-5-7-14(15)17(20)19-13(4)16-10-9-12(3)21-16/h5-11,13,18H,1-4H3,(H,19,20). The molecule has 1 atom stereocenters. The highest BCUT2D eigenvalue weighted by molar-refractivity contribution is 7.12. The SMILES string of the molecule is Cc1ccc(C(C)NC(=O)c2ccccc2NC(C)C)s1. The molecular formula is C17H22N2OS. The van der Waals surface area contributed by atoms with E-state index in [0.29, 0.717) is 5.56 Å². The van der Waals surface area contributed by atoms with Crippen LogP contribution in [0.3, 0.4) is 0 Å². The molecular weight excluding hydrogens is 280 g/mol. The Morgan fingerprint density at radius 2 is 1.81 bits per heavy atom. The molecule has 1 aromatic carbocycles. The van der Waals surface area contributed by atoms with E-state index in [-0.39, 0.29) is 18.0 Å². The zero-order chi connectivity index (χ0) is 15.4. The van der Waals surface area contributed by atoms with Crippen LogP contribution >= 0.6 is 11.3 Å². The van der Waals surface area contributed by atoms with Crippen LogP contribution < -0.4 is 10.6 Å². The molecule has 0 aliphatic carbocycles. The molecule has 4 heteroatoms. The molecule has 1 unspecified atom stereocenters. The third-order valence-electron chi connectivity index (χ3n) is 3.15. The molecule has 1 aromatic heterocycles. The van der Waals surface area contributed by atoms with E-state index < -0.39 is 0 Å². The van der Waals surface area contributed by atoms with Crippen LogP contribution in [0.15, 0.2) is 36.4 Å². The minimum Gasteiger partial charge on any atom is -0.382 e. The van der Waals surface area contributed by atoms with Crippen LogP contribution in [-0.2, 0) is 0 Å². The fourth-order valence-corrected chi connectivity index (χ4v) is 3.03. The van der Waals surface area contributed by atoms with Crippen molar-refractivity contribution in [1.29, 1.82) is 0 Å². The van der Waals surface area contributed by atoms with Crippen molar-refractivity contribution in [2.24, 2.45) is 0 Å². The molecule has 2 rings (SSSR count). The number of hydrogen-bond acceptors (Lipinski definition) is 3. The van der Waals surface area contributed by atoms with Gasteiger partial charge in [0.05, 0.1) is 11.6 Å².